The van der Waals surface area contributed by atoms with Gasteiger partial charge in [0.25, 0.3) is 0 Å². The fourth-order valence-electron chi connectivity index (χ4n) is 6.94. The highest BCUT2D eigenvalue weighted by molar-refractivity contribution is 6.18. The minimum absolute atomic E-state index is 0.894. The molecule has 0 atom stereocenters. The second-order valence-corrected chi connectivity index (χ2v) is 12.1. The standard InChI is InChI=1S/C46H30O/c1-3-11-31(12-4-1)33-21-23-34(24-22-33)38-28-39(37-26-25-32-13-7-8-16-36(32)27-37)30-40(29-38)42-18-10-20-44-46(42)45-41(17-9-19-43(45)47-44)35-14-5-2-6-15-35/h1-30H. The van der Waals surface area contributed by atoms with Gasteiger partial charge in [0.1, 0.15) is 11.2 Å². The molecule has 47 heavy (non-hydrogen) atoms. The summed E-state index contributed by atoms with van der Waals surface area (Å²) in [5, 5.41) is 4.77. The van der Waals surface area contributed by atoms with Crippen molar-refractivity contribution in [3.05, 3.63) is 182 Å². The SMILES string of the molecule is c1ccc(-c2ccc(-c3cc(-c4ccc5ccccc5c4)cc(-c4cccc5oc6cccc(-c7ccccc7)c6c45)c3)cc2)cc1. The monoisotopic (exact) mass is 598 g/mol. The molecule has 0 aliphatic carbocycles. The zero-order valence-electron chi connectivity index (χ0n) is 25.7. The van der Waals surface area contributed by atoms with Gasteiger partial charge < -0.3 is 4.42 Å². The number of rotatable bonds is 5. The summed E-state index contributed by atoms with van der Waals surface area (Å²) in [5.74, 6) is 0. The van der Waals surface area contributed by atoms with Crippen LogP contribution in [0.1, 0.15) is 0 Å². The third-order valence-electron chi connectivity index (χ3n) is 9.26. The minimum atomic E-state index is 0.894. The van der Waals surface area contributed by atoms with Crippen LogP contribution >= 0.6 is 0 Å². The van der Waals surface area contributed by atoms with Gasteiger partial charge in [0.15, 0.2) is 0 Å². The van der Waals surface area contributed by atoms with Gasteiger partial charge in [0.05, 0.1) is 0 Å². The van der Waals surface area contributed by atoms with Crippen LogP contribution < -0.4 is 0 Å². The summed E-state index contributed by atoms with van der Waals surface area (Å²) in [4.78, 5) is 0. The number of furan rings is 1. The Morgan fingerprint density at radius 3 is 1.38 bits per heavy atom. The van der Waals surface area contributed by atoms with Gasteiger partial charge in [-0.2, -0.15) is 0 Å². The van der Waals surface area contributed by atoms with Crippen LogP contribution in [0, 0.1) is 0 Å². The van der Waals surface area contributed by atoms with E-state index in [9.17, 15) is 0 Å². The molecule has 0 spiro atoms. The zero-order valence-corrected chi connectivity index (χ0v) is 25.7. The average molecular weight is 599 g/mol. The molecule has 0 aliphatic rings. The molecule has 1 nitrogen and oxygen atoms in total. The normalized spacial score (nSPS) is 11.4. The van der Waals surface area contributed by atoms with Crippen LogP contribution in [0.25, 0.3) is 88.3 Å². The van der Waals surface area contributed by atoms with Crippen molar-refractivity contribution in [1.82, 2.24) is 0 Å². The maximum absolute atomic E-state index is 6.51. The summed E-state index contributed by atoms with van der Waals surface area (Å²) in [7, 11) is 0. The molecular formula is C46H30O. The van der Waals surface area contributed by atoms with Crippen LogP contribution in [-0.2, 0) is 0 Å². The Bertz CT molecular complexity index is 2540. The molecule has 9 rings (SSSR count). The quantitative estimate of drug-likeness (QED) is 0.192. The lowest BCUT2D eigenvalue weighted by Gasteiger charge is -2.14. The molecule has 1 heterocycles. The van der Waals surface area contributed by atoms with Gasteiger partial charge in [-0.1, -0.05) is 146 Å². The van der Waals surface area contributed by atoms with Gasteiger partial charge in [-0.15, -0.1) is 0 Å². The van der Waals surface area contributed by atoms with E-state index in [1.54, 1.807) is 0 Å². The fourth-order valence-corrected chi connectivity index (χ4v) is 6.94. The van der Waals surface area contributed by atoms with E-state index in [1.165, 1.54) is 55.3 Å². The molecule has 0 saturated carbocycles. The van der Waals surface area contributed by atoms with E-state index < -0.39 is 0 Å². The predicted octanol–water partition coefficient (Wildman–Crippen LogP) is 13.1. The fraction of sp³-hybridized carbons (Fsp3) is 0. The highest BCUT2D eigenvalue weighted by Gasteiger charge is 2.18. The first kappa shape index (κ1) is 27.2. The lowest BCUT2D eigenvalue weighted by molar-refractivity contribution is 0.669. The molecule has 0 unspecified atom stereocenters. The van der Waals surface area contributed by atoms with E-state index in [4.69, 9.17) is 4.42 Å². The topological polar surface area (TPSA) is 13.1 Å². The van der Waals surface area contributed by atoms with Crippen molar-refractivity contribution in [2.45, 2.75) is 0 Å². The molecule has 0 amide bonds. The van der Waals surface area contributed by atoms with Crippen LogP contribution in [0.4, 0.5) is 0 Å². The van der Waals surface area contributed by atoms with Crippen LogP contribution in [0.3, 0.4) is 0 Å². The molecular weight excluding hydrogens is 569 g/mol. The summed E-state index contributed by atoms with van der Waals surface area (Å²) >= 11 is 0. The lowest BCUT2D eigenvalue weighted by Crippen LogP contribution is -1.88. The van der Waals surface area contributed by atoms with E-state index in [1.807, 2.05) is 0 Å². The molecule has 9 aromatic rings. The maximum atomic E-state index is 6.51. The van der Waals surface area contributed by atoms with Crippen LogP contribution in [-0.4, -0.2) is 0 Å². The number of fused-ring (bicyclic) bond motifs is 4. The van der Waals surface area contributed by atoms with Crippen LogP contribution in [0.2, 0.25) is 0 Å². The van der Waals surface area contributed by atoms with E-state index in [2.05, 4.69) is 182 Å². The molecule has 0 aliphatic heterocycles. The highest BCUT2D eigenvalue weighted by Crippen LogP contribution is 2.43. The second kappa shape index (κ2) is 11.3. The number of hydrogen-bond donors (Lipinski definition) is 0. The Morgan fingerprint density at radius 2 is 0.723 bits per heavy atom. The smallest absolute Gasteiger partial charge is 0.136 e. The summed E-state index contributed by atoms with van der Waals surface area (Å²) < 4.78 is 6.51. The van der Waals surface area contributed by atoms with Gasteiger partial charge in [-0.05, 0) is 103 Å². The molecule has 0 radical (unpaired) electrons. The third-order valence-corrected chi connectivity index (χ3v) is 9.26. The zero-order chi connectivity index (χ0) is 31.2. The Labute approximate surface area is 274 Å². The Morgan fingerprint density at radius 1 is 0.255 bits per heavy atom. The van der Waals surface area contributed by atoms with E-state index in [-0.39, 0.29) is 0 Å². The highest BCUT2D eigenvalue weighted by atomic mass is 16.3. The maximum Gasteiger partial charge on any atom is 0.136 e. The molecule has 1 aromatic heterocycles. The second-order valence-electron chi connectivity index (χ2n) is 12.1. The van der Waals surface area contributed by atoms with Crippen molar-refractivity contribution >= 4 is 32.7 Å². The van der Waals surface area contributed by atoms with Crippen molar-refractivity contribution in [2.75, 3.05) is 0 Å². The predicted molar refractivity (Wildman–Crippen MR) is 198 cm³/mol. The van der Waals surface area contributed by atoms with Crippen molar-refractivity contribution in [3.63, 3.8) is 0 Å². The molecule has 0 bridgehead atoms. The first-order valence-electron chi connectivity index (χ1n) is 16.1. The Hall–Kier alpha value is -6.18. The van der Waals surface area contributed by atoms with Gasteiger partial charge in [0, 0.05) is 10.8 Å². The third kappa shape index (κ3) is 4.90. The van der Waals surface area contributed by atoms with Gasteiger partial charge >= 0.3 is 0 Å². The van der Waals surface area contributed by atoms with Crippen LogP contribution in [0.15, 0.2) is 186 Å². The van der Waals surface area contributed by atoms with Crippen molar-refractivity contribution in [3.8, 4) is 55.6 Å². The molecule has 0 N–H and O–H groups in total. The molecule has 1 heteroatoms. The number of hydrogen-bond acceptors (Lipinski definition) is 1. The van der Waals surface area contributed by atoms with E-state index >= 15 is 0 Å². The minimum Gasteiger partial charge on any atom is -0.456 e. The Kier molecular flexibility index (Phi) is 6.54. The van der Waals surface area contributed by atoms with E-state index in [0.29, 0.717) is 0 Å². The average Bonchev–Trinajstić information content (AvgIpc) is 3.54. The summed E-state index contributed by atoms with van der Waals surface area (Å²) in [6.07, 6.45) is 0. The lowest BCUT2D eigenvalue weighted by atomic mass is 9.90. The Balaban J connectivity index is 1.28. The van der Waals surface area contributed by atoms with Gasteiger partial charge in [-0.25, -0.2) is 0 Å². The van der Waals surface area contributed by atoms with Gasteiger partial charge in [0.2, 0.25) is 0 Å². The summed E-state index contributed by atoms with van der Waals surface area (Å²) in [6.45, 7) is 0. The molecule has 220 valence electrons. The van der Waals surface area contributed by atoms with Crippen molar-refractivity contribution in [1.29, 1.82) is 0 Å². The van der Waals surface area contributed by atoms with Crippen molar-refractivity contribution < 1.29 is 4.42 Å². The number of benzene rings is 8. The van der Waals surface area contributed by atoms with Crippen LogP contribution in [0.5, 0.6) is 0 Å². The molecule has 8 aromatic carbocycles. The molecule has 0 fully saturated rings. The first-order chi connectivity index (χ1) is 23.3. The van der Waals surface area contributed by atoms with E-state index in [0.717, 1.165) is 33.1 Å². The first-order valence-corrected chi connectivity index (χ1v) is 16.1. The molecule has 0 saturated heterocycles. The largest absolute Gasteiger partial charge is 0.456 e. The van der Waals surface area contributed by atoms with Crippen molar-refractivity contribution in [2.24, 2.45) is 0 Å². The van der Waals surface area contributed by atoms with Gasteiger partial charge in [-0.3, -0.25) is 0 Å². The summed E-state index contributed by atoms with van der Waals surface area (Å²) in [5.41, 5.74) is 13.6. The summed E-state index contributed by atoms with van der Waals surface area (Å²) in [6, 6.07) is 65.2.